The molecule has 0 aliphatic carbocycles. The van der Waals surface area contributed by atoms with Crippen LogP contribution in [0.15, 0.2) is 82.4 Å². The summed E-state index contributed by atoms with van der Waals surface area (Å²) in [6, 6.07) is 18.7. The van der Waals surface area contributed by atoms with Gasteiger partial charge in [-0.2, -0.15) is 4.98 Å². The molecule has 0 radical (unpaired) electrons. The molecular weight excluding hydrogens is 592 g/mol. The number of ketones is 1. The lowest BCUT2D eigenvalue weighted by atomic mass is 9.75. The van der Waals surface area contributed by atoms with Gasteiger partial charge in [-0.25, -0.2) is 13.1 Å². The number of carbonyl (C=O) groups is 2. The van der Waals surface area contributed by atoms with E-state index >= 15 is 0 Å². The van der Waals surface area contributed by atoms with E-state index in [0.29, 0.717) is 5.57 Å². The normalized spacial score (nSPS) is 22.9. The maximum Gasteiger partial charge on any atom is 0.336 e. The van der Waals surface area contributed by atoms with Crippen LogP contribution in [0.5, 0.6) is 5.88 Å². The van der Waals surface area contributed by atoms with E-state index in [4.69, 9.17) is 9.47 Å². The summed E-state index contributed by atoms with van der Waals surface area (Å²) in [7, 11) is -1.57. The van der Waals surface area contributed by atoms with E-state index in [2.05, 4.69) is 10.1 Å². The maximum atomic E-state index is 14.0. The molecule has 2 aromatic carbocycles. The third-order valence-electron chi connectivity index (χ3n) is 7.36. The van der Waals surface area contributed by atoms with E-state index in [1.54, 1.807) is 27.7 Å². The first kappa shape index (κ1) is 30.6. The van der Waals surface area contributed by atoms with Crippen molar-refractivity contribution in [3.05, 3.63) is 93.9 Å². The zero-order valence-electron chi connectivity index (χ0n) is 24.5. The lowest BCUT2D eigenvalue weighted by Gasteiger charge is -2.55. The number of ether oxygens (including phenoxy) is 2. The number of aryl methyl sites for hydroxylation is 1. The molecule has 3 aromatic rings. The van der Waals surface area contributed by atoms with Crippen molar-refractivity contribution in [3.63, 3.8) is 0 Å². The predicted molar refractivity (Wildman–Crippen MR) is 160 cm³/mol. The number of amides is 1. The number of Topliss-reactive ketones (excluding diaryl/α,β-unsaturated/α-hetero) is 1. The van der Waals surface area contributed by atoms with Gasteiger partial charge in [0.2, 0.25) is 5.60 Å². The van der Waals surface area contributed by atoms with Gasteiger partial charge >= 0.3 is 11.4 Å². The number of carbonyl (C=O) groups excluding carboxylic acids is 2. The van der Waals surface area contributed by atoms with Gasteiger partial charge in [0.15, 0.2) is 32.3 Å². The monoisotopic (exact) mass is 624 g/mol. The highest BCUT2D eigenvalue weighted by atomic mass is 32.3. The molecule has 13 heteroatoms. The summed E-state index contributed by atoms with van der Waals surface area (Å²) in [6.07, 6.45) is 0.767. The van der Waals surface area contributed by atoms with E-state index in [0.717, 1.165) is 34.9 Å². The Bertz CT molecular complexity index is 1730. The highest BCUT2D eigenvalue weighted by molar-refractivity contribution is 8.14. The molecule has 1 fully saturated rings. The van der Waals surface area contributed by atoms with Gasteiger partial charge < -0.3 is 9.47 Å². The summed E-state index contributed by atoms with van der Waals surface area (Å²) in [4.78, 5) is 44.9. The van der Waals surface area contributed by atoms with Crippen molar-refractivity contribution >= 4 is 33.3 Å². The van der Waals surface area contributed by atoms with E-state index in [9.17, 15) is 22.8 Å². The van der Waals surface area contributed by atoms with Crippen molar-refractivity contribution in [1.29, 1.82) is 0 Å². The van der Waals surface area contributed by atoms with Crippen molar-refractivity contribution < 1.29 is 27.5 Å². The van der Waals surface area contributed by atoms with Gasteiger partial charge in [0, 0.05) is 25.8 Å². The van der Waals surface area contributed by atoms with Crippen LogP contribution in [-0.4, -0.2) is 62.4 Å². The lowest BCUT2D eigenvalue weighted by molar-refractivity contribution is -0.189. The number of fused-ring (bicyclic) bond motifs is 1. The van der Waals surface area contributed by atoms with Crippen molar-refractivity contribution in [2.45, 2.75) is 54.5 Å². The summed E-state index contributed by atoms with van der Waals surface area (Å²) in [5.74, 6) is -1.62. The fourth-order valence-corrected chi connectivity index (χ4v) is 9.24. The van der Waals surface area contributed by atoms with Crippen molar-refractivity contribution in [2.75, 3.05) is 7.11 Å². The summed E-state index contributed by atoms with van der Waals surface area (Å²) in [6.45, 7) is 6.36. The van der Waals surface area contributed by atoms with E-state index < -0.39 is 54.2 Å². The molecule has 2 aliphatic heterocycles. The third-order valence-corrected chi connectivity index (χ3v) is 11.8. The van der Waals surface area contributed by atoms with Crippen molar-refractivity contribution in [1.82, 2.24) is 19.7 Å². The van der Waals surface area contributed by atoms with Gasteiger partial charge in [-0.15, -0.1) is 5.10 Å². The number of nitrogens with zero attached hydrogens (tertiary/aromatic N) is 4. The van der Waals surface area contributed by atoms with Crippen LogP contribution in [0, 0.1) is 5.41 Å². The lowest BCUT2D eigenvalue weighted by Crippen LogP contribution is -2.81. The average molecular weight is 625 g/mol. The van der Waals surface area contributed by atoms with Gasteiger partial charge in [0.05, 0.1) is 0 Å². The van der Waals surface area contributed by atoms with Crippen LogP contribution in [0.1, 0.15) is 44.9 Å². The number of sulfone groups is 1. The molecule has 1 aromatic heterocycles. The number of aromatic nitrogens is 3. The molecule has 1 saturated heterocycles. The van der Waals surface area contributed by atoms with Crippen molar-refractivity contribution in [3.8, 4) is 5.88 Å². The topological polar surface area (TPSA) is 138 Å². The smallest absolute Gasteiger partial charge is 0.336 e. The average Bonchev–Trinajstić information content (AvgIpc) is 2.97. The number of hydrogen-bond donors (Lipinski definition) is 0. The summed E-state index contributed by atoms with van der Waals surface area (Å²) >= 11 is 0.785. The van der Waals surface area contributed by atoms with Crippen molar-refractivity contribution in [2.24, 2.45) is 12.5 Å². The Balaban J connectivity index is 1.48. The zero-order chi connectivity index (χ0) is 31.3. The standard InChI is InChI=1S/C30H32N4O7S2/c1-18-17-34-26(37)30(40-6,25(36)29(2,3)4)27(34)43(38,39)24(18)42-28-31-22(35)23(32-33(28)5)41-21(19-13-9-7-10-14-19)20-15-11-8-12-16-20/h7-17,21,24,27H,1-6H3/t24?,27-,30-/m0/s1. The third kappa shape index (κ3) is 5.08. The van der Waals surface area contributed by atoms with Crippen LogP contribution in [-0.2, 0) is 31.2 Å². The molecule has 0 saturated carbocycles. The van der Waals surface area contributed by atoms with E-state index in [1.165, 1.54) is 17.9 Å². The molecule has 11 nitrogen and oxygen atoms in total. The van der Waals surface area contributed by atoms with Gasteiger partial charge in [0.25, 0.3) is 5.91 Å². The summed E-state index contributed by atoms with van der Waals surface area (Å²) in [5, 5.41) is 2.76. The van der Waals surface area contributed by atoms with E-state index in [1.807, 2.05) is 60.7 Å². The molecule has 5 rings (SSSR count). The number of thioether (sulfide) groups is 1. The first-order valence-electron chi connectivity index (χ1n) is 13.5. The molecule has 1 unspecified atom stereocenters. The first-order valence-corrected chi connectivity index (χ1v) is 15.9. The highest BCUT2D eigenvalue weighted by Crippen LogP contribution is 2.49. The number of rotatable bonds is 8. The molecule has 2 aliphatic rings. The number of hydrogen-bond acceptors (Lipinski definition) is 10. The summed E-state index contributed by atoms with van der Waals surface area (Å²) in [5.41, 5.74) is -2.07. The molecular formula is C30H32N4O7S2. The molecule has 226 valence electrons. The van der Waals surface area contributed by atoms with Crippen LogP contribution in [0.4, 0.5) is 0 Å². The Morgan fingerprint density at radius 3 is 2.09 bits per heavy atom. The Kier molecular flexibility index (Phi) is 7.86. The minimum Gasteiger partial charge on any atom is -0.460 e. The number of β-lactam (4-membered cyclic amide) rings is 1. The second-order valence-corrected chi connectivity index (χ2v) is 14.9. The predicted octanol–water partition coefficient (Wildman–Crippen LogP) is 3.26. The van der Waals surface area contributed by atoms with Gasteiger partial charge in [-0.3, -0.25) is 19.3 Å². The first-order chi connectivity index (χ1) is 20.2. The molecule has 1 amide bonds. The fourth-order valence-electron chi connectivity index (χ4n) is 5.31. The van der Waals surface area contributed by atoms with Gasteiger partial charge in [-0.1, -0.05) is 93.2 Å². The molecule has 43 heavy (non-hydrogen) atoms. The maximum absolute atomic E-state index is 14.0. The Labute approximate surface area is 253 Å². The fraction of sp³-hybridized carbons (Fsp3) is 0.367. The molecule has 0 N–H and O–H groups in total. The van der Waals surface area contributed by atoms with Crippen LogP contribution in [0.3, 0.4) is 0 Å². The minimum absolute atomic E-state index is 0.0129. The minimum atomic E-state index is -4.26. The largest absolute Gasteiger partial charge is 0.460 e. The number of benzene rings is 2. The van der Waals surface area contributed by atoms with Crippen LogP contribution < -0.4 is 10.3 Å². The zero-order valence-corrected chi connectivity index (χ0v) is 26.2. The van der Waals surface area contributed by atoms with Crippen LogP contribution >= 0.6 is 11.8 Å². The molecule has 3 heterocycles. The second-order valence-electron chi connectivity index (χ2n) is 11.4. The van der Waals surface area contributed by atoms with Gasteiger partial charge in [-0.05, 0) is 23.6 Å². The molecule has 0 spiro atoms. The molecule has 3 atom stereocenters. The SMILES string of the molecule is CO[C@@]1(C(=O)C(C)(C)C)C(=O)N2C=C(C)C(Sc3nc(=O)c(OC(c4ccccc4)c4ccccc4)nn3C)S(=O)(=O)[C@H]21. The Hall–Kier alpha value is -3.81. The van der Waals surface area contributed by atoms with Crippen LogP contribution in [0.25, 0.3) is 0 Å². The quantitative estimate of drug-likeness (QED) is 0.271. The molecule has 0 bridgehead atoms. The second kappa shape index (κ2) is 11.0. The Morgan fingerprint density at radius 2 is 1.58 bits per heavy atom. The highest BCUT2D eigenvalue weighted by Gasteiger charge is 2.74. The Morgan fingerprint density at radius 1 is 1.02 bits per heavy atom. The van der Waals surface area contributed by atoms with Gasteiger partial charge in [0.1, 0.15) is 4.58 Å². The summed E-state index contributed by atoms with van der Waals surface area (Å²) < 4.78 is 39.6. The number of methoxy groups -OCH3 is 1. The van der Waals surface area contributed by atoms with E-state index in [-0.39, 0.29) is 11.0 Å². The van der Waals surface area contributed by atoms with Crippen LogP contribution in [0.2, 0.25) is 0 Å².